The van der Waals surface area contributed by atoms with Crippen molar-refractivity contribution in [2.45, 2.75) is 0 Å². The van der Waals surface area contributed by atoms with Crippen molar-refractivity contribution in [2.24, 2.45) is 10.8 Å². The van der Waals surface area contributed by atoms with E-state index in [0.29, 0.717) is 0 Å². The van der Waals surface area contributed by atoms with Crippen molar-refractivity contribution in [3.8, 4) is 0 Å². The van der Waals surface area contributed by atoms with Crippen LogP contribution in [-0.2, 0) is 0 Å². The summed E-state index contributed by atoms with van der Waals surface area (Å²) in [7, 11) is 0. The summed E-state index contributed by atoms with van der Waals surface area (Å²) in [5, 5.41) is 7.00. The van der Waals surface area contributed by atoms with Gasteiger partial charge in [0.1, 0.15) is 16.5 Å². The second-order valence-electron chi connectivity index (χ2n) is 4.03. The van der Waals surface area contributed by atoms with Gasteiger partial charge < -0.3 is 10.2 Å². The molecule has 3 aromatic rings. The Morgan fingerprint density at radius 3 is 2.05 bits per heavy atom. The molecule has 0 fully saturated rings. The zero-order valence-electron chi connectivity index (χ0n) is 9.96. The second kappa shape index (κ2) is 4.70. The zero-order valence-corrected chi connectivity index (χ0v) is 10.8. The predicted octanol–water partition coefficient (Wildman–Crippen LogP) is 2.23. The molecule has 0 aliphatic carbocycles. The molecule has 4 nitrogen and oxygen atoms in total. The van der Waals surface area contributed by atoms with E-state index < -0.39 is 0 Å². The first kappa shape index (κ1) is 11.7. The molecule has 94 valence electrons. The van der Waals surface area contributed by atoms with Crippen LogP contribution < -0.4 is 16.5 Å². The van der Waals surface area contributed by atoms with E-state index in [1.165, 1.54) is 0 Å². The highest BCUT2D eigenvalue weighted by atomic mass is 32.1. The highest BCUT2D eigenvalue weighted by Gasteiger charge is 2.04. The molecule has 0 radical (unpaired) electrons. The minimum atomic E-state index is 0.133. The lowest BCUT2D eigenvalue weighted by atomic mass is 10.1. The van der Waals surface area contributed by atoms with Crippen LogP contribution in [0.3, 0.4) is 0 Å². The third-order valence-corrected chi connectivity index (χ3v) is 2.87. The summed E-state index contributed by atoms with van der Waals surface area (Å²) in [4.78, 5) is 0. The molecule has 0 saturated heterocycles. The Labute approximate surface area is 114 Å². The van der Waals surface area contributed by atoms with E-state index in [0.717, 1.165) is 27.3 Å². The fourth-order valence-corrected chi connectivity index (χ4v) is 2.04. The molecule has 2 aromatic carbocycles. The summed E-state index contributed by atoms with van der Waals surface area (Å²) in [6.07, 6.45) is 0. The maximum atomic E-state index is 5.84. The Kier molecular flexibility index (Phi) is 2.89. The maximum absolute atomic E-state index is 5.84. The molecule has 0 spiro atoms. The Balaban J connectivity index is 2.46. The van der Waals surface area contributed by atoms with Gasteiger partial charge in [0.25, 0.3) is 0 Å². The molecule has 3 rings (SSSR count). The quantitative estimate of drug-likeness (QED) is 0.404. The van der Waals surface area contributed by atoms with Crippen LogP contribution >= 0.6 is 12.2 Å². The van der Waals surface area contributed by atoms with Gasteiger partial charge in [-0.1, -0.05) is 24.3 Å². The van der Waals surface area contributed by atoms with Crippen LogP contribution in [-0.4, -0.2) is 5.11 Å². The monoisotopic (exact) mass is 269 g/mol. The molecule has 19 heavy (non-hydrogen) atoms. The molecule has 1 aromatic heterocycles. The number of rotatable bonds is 1. The summed E-state index contributed by atoms with van der Waals surface area (Å²) in [5.41, 5.74) is 9.61. The fraction of sp³-hybridized carbons (Fsp3) is 0. The average Bonchev–Trinajstić information content (AvgIpc) is 2.43. The lowest BCUT2D eigenvalue weighted by Gasteiger charge is -2.03. The fourth-order valence-electron chi connectivity index (χ4n) is 2.00. The number of benzene rings is 2. The van der Waals surface area contributed by atoms with Crippen LogP contribution in [0.5, 0.6) is 0 Å². The first-order valence-corrected chi connectivity index (χ1v) is 6.16. The van der Waals surface area contributed by atoms with Crippen LogP contribution in [0.2, 0.25) is 0 Å². The van der Waals surface area contributed by atoms with Crippen molar-refractivity contribution in [3.63, 3.8) is 0 Å². The largest absolute Gasteiger partial charge is 0.456 e. The van der Waals surface area contributed by atoms with Gasteiger partial charge in [-0.05, 0) is 36.5 Å². The van der Waals surface area contributed by atoms with E-state index in [9.17, 15) is 0 Å². The van der Waals surface area contributed by atoms with Gasteiger partial charge in [0.15, 0.2) is 5.11 Å². The maximum Gasteiger partial charge on any atom is 0.184 e. The topological polar surface area (TPSA) is 63.5 Å². The summed E-state index contributed by atoms with van der Waals surface area (Å²) in [6, 6.07) is 15.4. The number of fused-ring (bicyclic) bond motifs is 2. The van der Waals surface area contributed by atoms with Gasteiger partial charge in [-0.3, -0.25) is 5.43 Å². The molecule has 0 atom stereocenters. The van der Waals surface area contributed by atoms with Crippen LogP contribution in [0.1, 0.15) is 0 Å². The Bertz CT molecular complexity index is 782. The smallest absolute Gasteiger partial charge is 0.184 e. The van der Waals surface area contributed by atoms with E-state index in [-0.39, 0.29) is 5.11 Å². The van der Waals surface area contributed by atoms with E-state index in [4.69, 9.17) is 22.4 Å². The highest BCUT2D eigenvalue weighted by Crippen LogP contribution is 2.17. The van der Waals surface area contributed by atoms with Crippen LogP contribution in [0.15, 0.2) is 58.0 Å². The number of nitrogens with two attached hydrogens (primary N) is 1. The third-order valence-electron chi connectivity index (χ3n) is 2.78. The average molecular weight is 269 g/mol. The van der Waals surface area contributed by atoms with Gasteiger partial charge >= 0.3 is 0 Å². The van der Waals surface area contributed by atoms with Crippen LogP contribution in [0.4, 0.5) is 0 Å². The predicted molar refractivity (Wildman–Crippen MR) is 79.2 cm³/mol. The Morgan fingerprint density at radius 2 is 1.53 bits per heavy atom. The molecule has 1 heterocycles. The minimum absolute atomic E-state index is 0.133. The molecule has 0 aliphatic rings. The van der Waals surface area contributed by atoms with Crippen LogP contribution in [0.25, 0.3) is 21.9 Å². The molecular formula is C14H11N3OS. The van der Waals surface area contributed by atoms with E-state index >= 15 is 0 Å². The number of thiocarbonyl (C=S) groups is 1. The zero-order chi connectivity index (χ0) is 13.2. The standard InChI is InChI=1S/C14H11N3OS/c15-14(19)17-16-13-9-5-1-3-7-11(9)18-12-8-4-2-6-10(12)13/h1-8H,(H3,15,17,19). The van der Waals surface area contributed by atoms with Gasteiger partial charge in [-0.25, -0.2) is 0 Å². The number of hydrogen-bond donors (Lipinski definition) is 2. The molecule has 0 aliphatic heterocycles. The van der Waals surface area contributed by atoms with Crippen LogP contribution in [0, 0.1) is 0 Å². The molecule has 5 heteroatoms. The molecule has 0 unspecified atom stereocenters. The SMILES string of the molecule is NC(=S)NN=c1c2ccccc2oc2ccccc12. The van der Waals surface area contributed by atoms with Crippen molar-refractivity contribution in [1.82, 2.24) is 5.43 Å². The normalized spacial score (nSPS) is 10.5. The van der Waals surface area contributed by atoms with Crippen molar-refractivity contribution >= 4 is 39.3 Å². The number of hydrogen-bond acceptors (Lipinski definition) is 3. The highest BCUT2D eigenvalue weighted by molar-refractivity contribution is 7.80. The van der Waals surface area contributed by atoms with Gasteiger partial charge in [0.05, 0.1) is 0 Å². The summed E-state index contributed by atoms with van der Waals surface area (Å²) >= 11 is 4.79. The molecule has 3 N–H and O–H groups in total. The minimum Gasteiger partial charge on any atom is -0.456 e. The number of nitrogens with one attached hydrogen (secondary N) is 1. The molecular weight excluding hydrogens is 258 g/mol. The van der Waals surface area contributed by atoms with Crippen molar-refractivity contribution < 1.29 is 4.42 Å². The van der Waals surface area contributed by atoms with Gasteiger partial charge in [0, 0.05) is 10.8 Å². The molecule has 0 amide bonds. The van der Waals surface area contributed by atoms with Gasteiger partial charge in [-0.15, -0.1) is 0 Å². The van der Waals surface area contributed by atoms with Crippen molar-refractivity contribution in [3.05, 3.63) is 53.9 Å². The van der Waals surface area contributed by atoms with E-state index in [2.05, 4.69) is 10.5 Å². The lowest BCUT2D eigenvalue weighted by Crippen LogP contribution is -2.26. The Morgan fingerprint density at radius 1 is 1.00 bits per heavy atom. The third kappa shape index (κ3) is 2.15. The van der Waals surface area contributed by atoms with E-state index in [1.807, 2.05) is 48.5 Å². The first-order chi connectivity index (χ1) is 9.25. The lowest BCUT2D eigenvalue weighted by molar-refractivity contribution is 0.659. The molecule has 0 saturated carbocycles. The van der Waals surface area contributed by atoms with Gasteiger partial charge in [-0.2, -0.15) is 5.10 Å². The Hall–Kier alpha value is -2.40. The van der Waals surface area contributed by atoms with Gasteiger partial charge in [0.2, 0.25) is 0 Å². The molecule has 0 bridgehead atoms. The summed E-state index contributed by atoms with van der Waals surface area (Å²) < 4.78 is 5.84. The summed E-state index contributed by atoms with van der Waals surface area (Å²) in [5.74, 6) is 0. The summed E-state index contributed by atoms with van der Waals surface area (Å²) in [6.45, 7) is 0. The number of para-hydroxylation sites is 2. The van der Waals surface area contributed by atoms with E-state index in [1.54, 1.807) is 0 Å². The van der Waals surface area contributed by atoms with Crippen molar-refractivity contribution in [2.75, 3.05) is 0 Å². The number of nitrogens with zero attached hydrogens (tertiary/aromatic N) is 1. The second-order valence-corrected chi connectivity index (χ2v) is 4.47. The van der Waals surface area contributed by atoms with Crippen molar-refractivity contribution in [1.29, 1.82) is 0 Å². The first-order valence-electron chi connectivity index (χ1n) is 5.75.